The van der Waals surface area contributed by atoms with E-state index in [0.29, 0.717) is 15.2 Å². The number of nitrogens with one attached hydrogen (secondary N) is 2. The molecule has 0 aliphatic heterocycles. The van der Waals surface area contributed by atoms with Gasteiger partial charge >= 0.3 is 0 Å². The van der Waals surface area contributed by atoms with Crippen LogP contribution in [0.1, 0.15) is 39.5 Å². The average Bonchev–Trinajstić information content (AvgIpc) is 3.06. The number of rotatable bonds is 7. The van der Waals surface area contributed by atoms with Crippen molar-refractivity contribution in [2.75, 3.05) is 5.32 Å². The van der Waals surface area contributed by atoms with Crippen LogP contribution in [-0.2, 0) is 9.59 Å². The van der Waals surface area contributed by atoms with Crippen molar-refractivity contribution in [3.63, 3.8) is 0 Å². The van der Waals surface area contributed by atoms with Gasteiger partial charge in [0.2, 0.25) is 16.9 Å². The van der Waals surface area contributed by atoms with E-state index < -0.39 is 6.04 Å². The SMILES string of the molecule is CCC(C)C(NC(=O)C1CCC1)C(=O)Nc1nnc(-c2cccc(Cl)c2)s1. The first-order valence-corrected chi connectivity index (χ1v) is 10.4. The summed E-state index contributed by atoms with van der Waals surface area (Å²) in [6.45, 7) is 3.96. The van der Waals surface area contributed by atoms with Crippen molar-refractivity contribution in [2.45, 2.75) is 45.6 Å². The minimum absolute atomic E-state index is 0.0225. The molecular weight excluding hydrogens is 384 g/mol. The van der Waals surface area contributed by atoms with E-state index in [1.165, 1.54) is 11.3 Å². The zero-order valence-electron chi connectivity index (χ0n) is 15.4. The number of halogens is 1. The lowest BCUT2D eigenvalue weighted by atomic mass is 9.84. The van der Waals surface area contributed by atoms with E-state index in [1.807, 2.05) is 26.0 Å². The van der Waals surface area contributed by atoms with Gasteiger partial charge in [-0.25, -0.2) is 0 Å². The van der Waals surface area contributed by atoms with Crippen LogP contribution in [0.4, 0.5) is 5.13 Å². The van der Waals surface area contributed by atoms with Crippen molar-refractivity contribution in [2.24, 2.45) is 11.8 Å². The number of anilines is 1. The first kappa shape index (κ1) is 19.8. The minimum atomic E-state index is -0.582. The van der Waals surface area contributed by atoms with Gasteiger partial charge in [0.1, 0.15) is 11.0 Å². The summed E-state index contributed by atoms with van der Waals surface area (Å²) in [6.07, 6.45) is 3.67. The van der Waals surface area contributed by atoms with Gasteiger partial charge in [0, 0.05) is 16.5 Å². The topological polar surface area (TPSA) is 84.0 Å². The number of benzene rings is 1. The fourth-order valence-electron chi connectivity index (χ4n) is 2.84. The van der Waals surface area contributed by atoms with Gasteiger partial charge in [-0.15, -0.1) is 10.2 Å². The predicted octanol–water partition coefficient (Wildman–Crippen LogP) is 4.13. The number of hydrogen-bond acceptors (Lipinski definition) is 5. The van der Waals surface area contributed by atoms with Crippen LogP contribution in [-0.4, -0.2) is 28.1 Å². The summed E-state index contributed by atoms with van der Waals surface area (Å²) in [7, 11) is 0. The van der Waals surface area contributed by atoms with Gasteiger partial charge in [-0.05, 0) is 30.9 Å². The number of amides is 2. The standard InChI is InChI=1S/C19H23ClN4O2S/c1-3-11(2)15(21-16(25)12-6-4-7-12)17(26)22-19-24-23-18(27-19)13-8-5-9-14(20)10-13/h5,8-12,15H,3-4,6-7H2,1-2H3,(H,21,25)(H,22,24,26). The molecule has 1 saturated carbocycles. The second-order valence-corrected chi connectivity index (χ2v) is 8.33. The maximum Gasteiger partial charge on any atom is 0.249 e. The monoisotopic (exact) mass is 406 g/mol. The molecule has 1 aliphatic carbocycles. The van der Waals surface area contributed by atoms with E-state index in [9.17, 15) is 9.59 Å². The van der Waals surface area contributed by atoms with Crippen LogP contribution in [0.3, 0.4) is 0 Å². The molecule has 1 fully saturated rings. The second kappa shape index (κ2) is 8.80. The van der Waals surface area contributed by atoms with Gasteiger partial charge in [-0.2, -0.15) is 0 Å². The molecule has 1 heterocycles. The van der Waals surface area contributed by atoms with E-state index in [2.05, 4.69) is 20.8 Å². The molecule has 2 aromatic rings. The van der Waals surface area contributed by atoms with Crippen molar-refractivity contribution in [3.05, 3.63) is 29.3 Å². The highest BCUT2D eigenvalue weighted by molar-refractivity contribution is 7.18. The number of carbonyl (C=O) groups is 2. The molecule has 2 unspecified atom stereocenters. The molecular formula is C19H23ClN4O2S. The van der Waals surface area contributed by atoms with Crippen molar-refractivity contribution in [3.8, 4) is 10.6 Å². The Morgan fingerprint density at radius 2 is 2.11 bits per heavy atom. The molecule has 2 N–H and O–H groups in total. The molecule has 2 amide bonds. The van der Waals surface area contributed by atoms with E-state index in [0.717, 1.165) is 31.2 Å². The molecule has 0 bridgehead atoms. The summed E-state index contributed by atoms with van der Waals surface area (Å²) < 4.78 is 0. The van der Waals surface area contributed by atoms with Crippen molar-refractivity contribution < 1.29 is 9.59 Å². The molecule has 1 aromatic heterocycles. The Balaban J connectivity index is 1.68. The lowest BCUT2D eigenvalue weighted by molar-refractivity contribution is -0.132. The average molecular weight is 407 g/mol. The lowest BCUT2D eigenvalue weighted by Crippen LogP contribution is -2.50. The first-order valence-electron chi connectivity index (χ1n) is 9.18. The largest absolute Gasteiger partial charge is 0.344 e. The molecule has 27 heavy (non-hydrogen) atoms. The summed E-state index contributed by atoms with van der Waals surface area (Å²) >= 11 is 7.29. The second-order valence-electron chi connectivity index (χ2n) is 6.91. The van der Waals surface area contributed by atoms with E-state index in [1.54, 1.807) is 12.1 Å². The van der Waals surface area contributed by atoms with Gasteiger partial charge in [0.15, 0.2) is 0 Å². The number of carbonyl (C=O) groups excluding carboxylic acids is 2. The quantitative estimate of drug-likeness (QED) is 0.724. The van der Waals surface area contributed by atoms with E-state index in [4.69, 9.17) is 11.6 Å². The number of nitrogens with zero attached hydrogens (tertiary/aromatic N) is 2. The van der Waals surface area contributed by atoms with Crippen LogP contribution in [0.15, 0.2) is 24.3 Å². The molecule has 1 aromatic carbocycles. The third-order valence-corrected chi connectivity index (χ3v) is 6.12. The Morgan fingerprint density at radius 3 is 2.74 bits per heavy atom. The Labute approximate surface area is 167 Å². The number of hydrogen-bond donors (Lipinski definition) is 2. The fourth-order valence-corrected chi connectivity index (χ4v) is 3.77. The summed E-state index contributed by atoms with van der Waals surface area (Å²) in [5, 5.41) is 15.6. The van der Waals surface area contributed by atoms with Gasteiger partial charge < -0.3 is 5.32 Å². The van der Waals surface area contributed by atoms with Gasteiger partial charge in [0.05, 0.1) is 0 Å². The maximum absolute atomic E-state index is 12.8. The Hall–Kier alpha value is -1.99. The van der Waals surface area contributed by atoms with Gasteiger partial charge in [-0.1, -0.05) is 61.8 Å². The summed E-state index contributed by atoms with van der Waals surface area (Å²) in [4.78, 5) is 25.1. The van der Waals surface area contributed by atoms with Gasteiger partial charge in [-0.3, -0.25) is 14.9 Å². The highest BCUT2D eigenvalue weighted by Gasteiger charge is 2.32. The molecule has 144 valence electrons. The Kier molecular flexibility index (Phi) is 6.44. The minimum Gasteiger partial charge on any atom is -0.344 e. The first-order chi connectivity index (χ1) is 13.0. The molecule has 0 saturated heterocycles. The zero-order valence-corrected chi connectivity index (χ0v) is 16.9. The smallest absolute Gasteiger partial charge is 0.249 e. The lowest BCUT2D eigenvalue weighted by Gasteiger charge is -2.29. The van der Waals surface area contributed by atoms with Crippen LogP contribution >= 0.6 is 22.9 Å². The van der Waals surface area contributed by atoms with E-state index in [-0.39, 0.29) is 23.7 Å². The third kappa shape index (κ3) is 4.84. The Morgan fingerprint density at radius 1 is 1.33 bits per heavy atom. The normalized spacial score (nSPS) is 16.3. The maximum atomic E-state index is 12.8. The summed E-state index contributed by atoms with van der Waals surface area (Å²) in [6, 6.07) is 6.73. The number of aromatic nitrogens is 2. The summed E-state index contributed by atoms with van der Waals surface area (Å²) in [5.74, 6) is -0.223. The fraction of sp³-hybridized carbons (Fsp3) is 0.474. The molecule has 0 radical (unpaired) electrons. The van der Waals surface area contributed by atoms with Crippen LogP contribution in [0.5, 0.6) is 0 Å². The highest BCUT2D eigenvalue weighted by atomic mass is 35.5. The molecule has 3 rings (SSSR count). The molecule has 2 atom stereocenters. The summed E-state index contributed by atoms with van der Waals surface area (Å²) in [5.41, 5.74) is 0.845. The van der Waals surface area contributed by atoms with Crippen molar-refractivity contribution in [1.29, 1.82) is 0 Å². The molecule has 6 nitrogen and oxygen atoms in total. The van der Waals surface area contributed by atoms with Crippen LogP contribution < -0.4 is 10.6 Å². The predicted molar refractivity (Wildman–Crippen MR) is 108 cm³/mol. The van der Waals surface area contributed by atoms with Crippen molar-refractivity contribution in [1.82, 2.24) is 15.5 Å². The Bertz CT molecular complexity index is 822. The van der Waals surface area contributed by atoms with Crippen LogP contribution in [0.2, 0.25) is 5.02 Å². The molecule has 1 aliphatic rings. The highest BCUT2D eigenvalue weighted by Crippen LogP contribution is 2.29. The van der Waals surface area contributed by atoms with Crippen molar-refractivity contribution >= 4 is 39.9 Å². The molecule has 8 heteroatoms. The van der Waals surface area contributed by atoms with Gasteiger partial charge in [0.25, 0.3) is 0 Å². The third-order valence-electron chi connectivity index (χ3n) is 5.00. The van der Waals surface area contributed by atoms with Crippen LogP contribution in [0, 0.1) is 11.8 Å². The zero-order chi connectivity index (χ0) is 19.4. The molecule has 0 spiro atoms. The van der Waals surface area contributed by atoms with Crippen LogP contribution in [0.25, 0.3) is 10.6 Å². The van der Waals surface area contributed by atoms with E-state index >= 15 is 0 Å².